The number of allylic oxidation sites excluding steroid dienone is 2. The summed E-state index contributed by atoms with van der Waals surface area (Å²) in [4.78, 5) is 8.00. The molecule has 0 radical (unpaired) electrons. The molecular formula is C23H36O3. The van der Waals surface area contributed by atoms with Gasteiger partial charge >= 0.3 is 0 Å². The fourth-order valence-electron chi connectivity index (χ4n) is 3.17. The van der Waals surface area contributed by atoms with Crippen molar-refractivity contribution in [3.63, 3.8) is 0 Å². The number of hydrogen-bond donors (Lipinski definition) is 2. The molecule has 2 N–H and O–H groups in total. The van der Waals surface area contributed by atoms with E-state index in [1.807, 2.05) is 57.1 Å². The van der Waals surface area contributed by atoms with E-state index in [-0.39, 0.29) is 11.3 Å². The van der Waals surface area contributed by atoms with E-state index in [1.54, 1.807) is 12.1 Å². The minimum Gasteiger partial charge on any atom is -0.508 e. The van der Waals surface area contributed by atoms with Crippen LogP contribution in [0.2, 0.25) is 0 Å². The molecule has 0 heterocycles. The van der Waals surface area contributed by atoms with Crippen molar-refractivity contribution >= 4 is 6.79 Å². The summed E-state index contributed by atoms with van der Waals surface area (Å²) in [6.07, 6.45) is 8.78. The van der Waals surface area contributed by atoms with Gasteiger partial charge in [0.2, 0.25) is 0 Å². The summed E-state index contributed by atoms with van der Waals surface area (Å²) in [7, 11) is 0. The highest BCUT2D eigenvalue weighted by atomic mass is 16.3. The van der Waals surface area contributed by atoms with Crippen LogP contribution in [0.4, 0.5) is 0 Å². The van der Waals surface area contributed by atoms with Crippen LogP contribution in [0.3, 0.4) is 0 Å². The molecule has 0 saturated carbocycles. The Bertz CT molecular complexity index is 587. The van der Waals surface area contributed by atoms with Crippen LogP contribution in [0.1, 0.15) is 60.5 Å². The molecule has 3 nitrogen and oxygen atoms in total. The molecule has 3 heteroatoms. The van der Waals surface area contributed by atoms with Crippen molar-refractivity contribution in [2.45, 2.75) is 65.9 Å². The smallest absolute Gasteiger partial charge is 0.115 e. The Balaban J connectivity index is 0.000000484. The number of aliphatic hydroxyl groups is 1. The predicted octanol–water partition coefficient (Wildman–Crippen LogP) is 5.42. The lowest BCUT2D eigenvalue weighted by Gasteiger charge is -2.33. The molecule has 0 bridgehead atoms. The van der Waals surface area contributed by atoms with E-state index in [1.165, 1.54) is 5.56 Å². The first kappa shape index (κ1) is 24.1. The second kappa shape index (κ2) is 9.72. The molecule has 1 aromatic carbocycles. The van der Waals surface area contributed by atoms with E-state index >= 15 is 0 Å². The summed E-state index contributed by atoms with van der Waals surface area (Å²) in [6, 6.07) is 7.56. The van der Waals surface area contributed by atoms with Gasteiger partial charge < -0.3 is 15.0 Å². The van der Waals surface area contributed by atoms with Crippen LogP contribution in [0.15, 0.2) is 48.6 Å². The van der Waals surface area contributed by atoms with E-state index in [4.69, 9.17) is 4.79 Å². The van der Waals surface area contributed by atoms with Gasteiger partial charge in [0.15, 0.2) is 0 Å². The van der Waals surface area contributed by atoms with Gasteiger partial charge in [-0.2, -0.15) is 0 Å². The zero-order valence-corrected chi connectivity index (χ0v) is 17.4. The first-order valence-corrected chi connectivity index (χ1v) is 9.00. The molecule has 26 heavy (non-hydrogen) atoms. The number of carbonyl (C=O) groups is 1. The van der Waals surface area contributed by atoms with Gasteiger partial charge in [0.1, 0.15) is 12.5 Å². The van der Waals surface area contributed by atoms with E-state index < -0.39 is 5.60 Å². The average molecular weight is 361 g/mol. The maximum atomic E-state index is 9.50. The fraction of sp³-hybridized carbons (Fsp3) is 0.522. The molecule has 0 fully saturated rings. The van der Waals surface area contributed by atoms with Gasteiger partial charge in [0, 0.05) is 5.92 Å². The Labute approximate surface area is 159 Å². The molecule has 1 aliphatic carbocycles. The molecule has 146 valence electrons. The van der Waals surface area contributed by atoms with Crippen molar-refractivity contribution in [3.8, 4) is 5.75 Å². The van der Waals surface area contributed by atoms with E-state index in [2.05, 4.69) is 34.6 Å². The van der Waals surface area contributed by atoms with Gasteiger partial charge in [0.25, 0.3) is 0 Å². The Hall–Kier alpha value is -1.87. The molecule has 1 aromatic rings. The highest BCUT2D eigenvalue weighted by Crippen LogP contribution is 2.36. The fourth-order valence-corrected chi connectivity index (χ4v) is 3.17. The molecular weight excluding hydrogens is 324 g/mol. The van der Waals surface area contributed by atoms with Gasteiger partial charge in [-0.25, -0.2) is 0 Å². The maximum absolute atomic E-state index is 9.50. The number of aromatic hydroxyl groups is 1. The molecule has 0 aliphatic heterocycles. The van der Waals surface area contributed by atoms with Gasteiger partial charge in [-0.05, 0) is 41.9 Å². The molecule has 2 atom stereocenters. The number of carbonyl (C=O) groups excluding carboxylic acids is 1. The summed E-state index contributed by atoms with van der Waals surface area (Å²) in [5.41, 5.74) is 1.14. The van der Waals surface area contributed by atoms with Crippen molar-refractivity contribution in [2.75, 3.05) is 0 Å². The summed E-state index contributed by atoms with van der Waals surface area (Å²) in [5.74, 6) is 0.577. The van der Waals surface area contributed by atoms with E-state index in [0.717, 1.165) is 6.42 Å². The predicted molar refractivity (Wildman–Crippen MR) is 110 cm³/mol. The second-order valence-electron chi connectivity index (χ2n) is 8.93. The van der Waals surface area contributed by atoms with Crippen LogP contribution in [0, 0.1) is 11.3 Å². The number of hydrogen-bond acceptors (Lipinski definition) is 3. The Morgan fingerprint density at radius 1 is 1.04 bits per heavy atom. The quantitative estimate of drug-likeness (QED) is 0.740. The molecule has 0 spiro atoms. The zero-order valence-electron chi connectivity index (χ0n) is 17.4. The van der Waals surface area contributed by atoms with Gasteiger partial charge in [-0.15, -0.1) is 0 Å². The lowest BCUT2D eigenvalue weighted by molar-refractivity contribution is -0.0980. The Morgan fingerprint density at radius 2 is 1.54 bits per heavy atom. The SMILES string of the molecule is C=O.CC(C)(C)CC(C)(C)c1ccc(O)cc1.CC1C=CC=CC1(C)O. The van der Waals surface area contributed by atoms with Crippen molar-refractivity contribution in [1.82, 2.24) is 0 Å². The second-order valence-corrected chi connectivity index (χ2v) is 8.93. The van der Waals surface area contributed by atoms with Gasteiger partial charge in [-0.3, -0.25) is 0 Å². The molecule has 2 unspecified atom stereocenters. The lowest BCUT2D eigenvalue weighted by Crippen LogP contribution is -2.29. The third-order valence-electron chi connectivity index (χ3n) is 4.49. The Morgan fingerprint density at radius 3 is 1.88 bits per heavy atom. The first-order chi connectivity index (χ1) is 11.8. The normalized spacial score (nSPS) is 21.9. The highest BCUT2D eigenvalue weighted by Gasteiger charge is 2.27. The Kier molecular flexibility index (Phi) is 9.03. The van der Waals surface area contributed by atoms with Crippen LogP contribution < -0.4 is 0 Å². The molecule has 0 saturated heterocycles. The first-order valence-electron chi connectivity index (χ1n) is 9.00. The van der Waals surface area contributed by atoms with Crippen molar-refractivity contribution in [1.29, 1.82) is 0 Å². The third kappa shape index (κ3) is 8.48. The minimum atomic E-state index is -0.630. The summed E-state index contributed by atoms with van der Waals surface area (Å²) < 4.78 is 0. The summed E-state index contributed by atoms with van der Waals surface area (Å²) >= 11 is 0. The van der Waals surface area contributed by atoms with Crippen molar-refractivity contribution in [2.24, 2.45) is 11.3 Å². The zero-order chi connectivity index (χ0) is 20.6. The number of phenolic OH excluding ortho intramolecular Hbond substituents is 1. The van der Waals surface area contributed by atoms with Crippen LogP contribution in [0.25, 0.3) is 0 Å². The summed E-state index contributed by atoms with van der Waals surface area (Å²) in [6.45, 7) is 17.1. The molecule has 0 aromatic heterocycles. The standard InChI is InChI=1S/C14H22O.C8H12O.CH2O/c1-13(2,3)10-14(4,5)11-6-8-12(15)9-7-11;1-7-5-3-4-6-8(7,2)9;1-2/h6-9,15H,10H2,1-5H3;3-7,9H,1-2H3;1H2. The third-order valence-corrected chi connectivity index (χ3v) is 4.49. The van der Waals surface area contributed by atoms with Crippen LogP contribution in [0.5, 0.6) is 5.75 Å². The lowest BCUT2D eigenvalue weighted by atomic mass is 9.72. The molecule has 2 rings (SSSR count). The minimum absolute atomic E-state index is 0.159. The van der Waals surface area contributed by atoms with E-state index in [0.29, 0.717) is 11.2 Å². The van der Waals surface area contributed by atoms with Gasteiger partial charge in [0.05, 0.1) is 5.60 Å². The topological polar surface area (TPSA) is 57.5 Å². The number of phenols is 1. The van der Waals surface area contributed by atoms with Crippen molar-refractivity contribution in [3.05, 3.63) is 54.1 Å². The molecule has 1 aliphatic rings. The average Bonchev–Trinajstić information content (AvgIpc) is 2.51. The number of rotatable bonds is 2. The maximum Gasteiger partial charge on any atom is 0.115 e. The largest absolute Gasteiger partial charge is 0.508 e. The summed E-state index contributed by atoms with van der Waals surface area (Å²) in [5, 5.41) is 18.8. The van der Waals surface area contributed by atoms with Crippen LogP contribution in [-0.4, -0.2) is 22.6 Å². The highest BCUT2D eigenvalue weighted by molar-refractivity contribution is 5.30. The van der Waals surface area contributed by atoms with Crippen LogP contribution in [-0.2, 0) is 10.2 Å². The molecule has 0 amide bonds. The van der Waals surface area contributed by atoms with Gasteiger partial charge in [-0.1, -0.05) is 78.0 Å². The van der Waals surface area contributed by atoms with Crippen LogP contribution >= 0.6 is 0 Å². The monoisotopic (exact) mass is 360 g/mol. The van der Waals surface area contributed by atoms with Crippen molar-refractivity contribution < 1.29 is 15.0 Å². The number of benzene rings is 1. The van der Waals surface area contributed by atoms with E-state index in [9.17, 15) is 10.2 Å².